The van der Waals surface area contributed by atoms with Gasteiger partial charge in [-0.1, -0.05) is 99.7 Å². The molecule has 0 amide bonds. The van der Waals surface area contributed by atoms with Gasteiger partial charge in [-0.2, -0.15) is 0 Å². The van der Waals surface area contributed by atoms with Crippen molar-refractivity contribution in [1.82, 2.24) is 0 Å². The monoisotopic (exact) mass is 452 g/mol. The number of rotatable bonds is 6. The third kappa shape index (κ3) is 5.58. The van der Waals surface area contributed by atoms with Crippen LogP contribution in [0.2, 0.25) is 18.1 Å². The largest absolute Gasteiger partial charge is 0.414 e. The van der Waals surface area contributed by atoms with Gasteiger partial charge in [0.1, 0.15) is 7.14 Å². The van der Waals surface area contributed by atoms with Crippen molar-refractivity contribution in [2.45, 2.75) is 64.3 Å². The Balaban J connectivity index is 1.86. The molecule has 0 spiro atoms. The second-order valence-corrected chi connectivity index (χ2v) is 17.8. The fourth-order valence-electron chi connectivity index (χ4n) is 3.85. The van der Waals surface area contributed by atoms with E-state index in [1.54, 1.807) is 0 Å². The molecule has 1 atom stereocenters. The van der Waals surface area contributed by atoms with Crippen molar-refractivity contribution >= 4 is 26.1 Å². The van der Waals surface area contributed by atoms with Crippen LogP contribution in [0.15, 0.2) is 84.5 Å². The quantitative estimate of drug-likeness (QED) is 0.346. The van der Waals surface area contributed by atoms with Crippen molar-refractivity contribution < 1.29 is 8.99 Å². The molecule has 1 aliphatic rings. The lowest BCUT2D eigenvalue weighted by Crippen LogP contribution is -2.44. The Bertz CT molecular complexity index is 928. The van der Waals surface area contributed by atoms with Crippen molar-refractivity contribution in [3.63, 3.8) is 0 Å². The fraction of sp³-hybridized carbons (Fsp3) is 0.407. The van der Waals surface area contributed by atoms with Crippen molar-refractivity contribution in [2.75, 3.05) is 6.16 Å². The summed E-state index contributed by atoms with van der Waals surface area (Å²) in [6.07, 6.45) is 5.77. The molecule has 31 heavy (non-hydrogen) atoms. The van der Waals surface area contributed by atoms with Crippen LogP contribution in [0.3, 0.4) is 0 Å². The van der Waals surface area contributed by atoms with E-state index in [1.807, 2.05) is 60.7 Å². The molecule has 1 saturated carbocycles. The Hall–Kier alpha value is -1.67. The average molecular weight is 453 g/mol. The third-order valence-electron chi connectivity index (χ3n) is 6.88. The van der Waals surface area contributed by atoms with E-state index in [0.29, 0.717) is 6.16 Å². The number of allylic oxidation sites excluding steroid dienone is 2. The van der Waals surface area contributed by atoms with Gasteiger partial charge < -0.3 is 8.99 Å². The molecule has 2 nitrogen and oxygen atoms in total. The van der Waals surface area contributed by atoms with Gasteiger partial charge in [0.2, 0.25) is 0 Å². The van der Waals surface area contributed by atoms with Gasteiger partial charge in [0.15, 0.2) is 8.32 Å². The molecule has 0 bridgehead atoms. The highest BCUT2D eigenvalue weighted by atomic mass is 31.2. The normalized spacial score (nSPS) is 19.6. The van der Waals surface area contributed by atoms with Crippen molar-refractivity contribution in [1.29, 1.82) is 0 Å². The molecule has 0 aromatic heterocycles. The van der Waals surface area contributed by atoms with E-state index in [4.69, 9.17) is 4.43 Å². The second kappa shape index (κ2) is 9.44. The molecular formula is C27H37O2PSi. The summed E-state index contributed by atoms with van der Waals surface area (Å²) in [6.45, 7) is 15.8. The lowest BCUT2D eigenvalue weighted by molar-refractivity contribution is 0.164. The summed E-state index contributed by atoms with van der Waals surface area (Å²) in [7, 11) is -4.57. The molecule has 0 heterocycles. The minimum absolute atomic E-state index is 0.196. The standard InChI is InChI=1S/C27H37O2PSi/c1-22-17-18-24(29-31(5,6)27(2,3)4)21-23(22)19-20-30(28,25-13-9-7-10-14-25)26-15-11-8-12-16-26/h7-16,19,24H,1,17-18,20-21H2,2-6H3/b23-19-. The van der Waals surface area contributed by atoms with Gasteiger partial charge in [-0.05, 0) is 43.0 Å². The maximum atomic E-state index is 14.3. The lowest BCUT2D eigenvalue weighted by atomic mass is 9.89. The molecule has 1 fully saturated rings. The summed E-state index contributed by atoms with van der Waals surface area (Å²) >= 11 is 0. The van der Waals surface area contributed by atoms with Crippen LogP contribution in [-0.2, 0) is 8.99 Å². The van der Waals surface area contributed by atoms with E-state index < -0.39 is 15.5 Å². The third-order valence-corrected chi connectivity index (χ3v) is 14.4. The molecule has 0 radical (unpaired) electrons. The van der Waals surface area contributed by atoms with Crippen LogP contribution in [0.1, 0.15) is 40.0 Å². The van der Waals surface area contributed by atoms with Crippen molar-refractivity contribution in [2.24, 2.45) is 0 Å². The predicted molar refractivity (Wildman–Crippen MR) is 138 cm³/mol. The molecule has 4 heteroatoms. The highest BCUT2D eigenvalue weighted by Gasteiger charge is 2.40. The molecule has 2 aromatic carbocycles. The van der Waals surface area contributed by atoms with Gasteiger partial charge in [-0.15, -0.1) is 0 Å². The van der Waals surface area contributed by atoms with E-state index in [1.165, 1.54) is 11.1 Å². The minimum atomic E-state index is -2.75. The van der Waals surface area contributed by atoms with E-state index in [2.05, 4.69) is 46.5 Å². The van der Waals surface area contributed by atoms with E-state index in [-0.39, 0.29) is 11.1 Å². The lowest BCUT2D eigenvalue weighted by Gasteiger charge is -2.41. The smallest absolute Gasteiger partial charge is 0.192 e. The molecule has 0 aliphatic heterocycles. The molecule has 166 valence electrons. The van der Waals surface area contributed by atoms with Crippen LogP contribution in [-0.4, -0.2) is 20.6 Å². The first-order valence-electron chi connectivity index (χ1n) is 11.3. The summed E-state index contributed by atoms with van der Waals surface area (Å²) < 4.78 is 21.0. The van der Waals surface area contributed by atoms with Gasteiger partial charge in [-0.3, -0.25) is 0 Å². The second-order valence-electron chi connectivity index (χ2n) is 10.2. The Morgan fingerprint density at radius 3 is 2.03 bits per heavy atom. The van der Waals surface area contributed by atoms with Crippen LogP contribution < -0.4 is 10.6 Å². The Labute approximate surface area is 189 Å². The van der Waals surface area contributed by atoms with Crippen LogP contribution in [0, 0.1) is 0 Å². The molecule has 3 rings (SSSR count). The summed E-state index contributed by atoms with van der Waals surface area (Å²) in [5, 5.41) is 2.02. The predicted octanol–water partition coefficient (Wildman–Crippen LogP) is 7.06. The topological polar surface area (TPSA) is 26.3 Å². The van der Waals surface area contributed by atoms with Gasteiger partial charge in [-0.25, -0.2) is 0 Å². The fourth-order valence-corrected chi connectivity index (χ4v) is 7.74. The maximum absolute atomic E-state index is 14.3. The minimum Gasteiger partial charge on any atom is -0.414 e. The van der Waals surface area contributed by atoms with Crippen LogP contribution in [0.5, 0.6) is 0 Å². The van der Waals surface area contributed by atoms with Gasteiger partial charge in [0, 0.05) is 22.9 Å². The van der Waals surface area contributed by atoms with E-state index >= 15 is 0 Å². The molecule has 2 aromatic rings. The first kappa shape index (κ1) is 24.0. The van der Waals surface area contributed by atoms with Crippen LogP contribution >= 0.6 is 7.14 Å². The molecule has 1 aliphatic carbocycles. The van der Waals surface area contributed by atoms with E-state index in [0.717, 1.165) is 29.9 Å². The summed E-state index contributed by atoms with van der Waals surface area (Å²) in [5.41, 5.74) is 2.39. The van der Waals surface area contributed by atoms with Gasteiger partial charge >= 0.3 is 0 Å². The maximum Gasteiger partial charge on any atom is 0.192 e. The average Bonchev–Trinajstić information content (AvgIpc) is 2.74. The molecule has 1 unspecified atom stereocenters. The highest BCUT2D eigenvalue weighted by molar-refractivity contribution is 7.78. The number of hydrogen-bond donors (Lipinski definition) is 0. The zero-order valence-electron chi connectivity index (χ0n) is 19.7. The van der Waals surface area contributed by atoms with Crippen LogP contribution in [0.25, 0.3) is 0 Å². The van der Waals surface area contributed by atoms with Gasteiger partial charge in [0.05, 0.1) is 0 Å². The summed E-state index contributed by atoms with van der Waals surface area (Å²) in [4.78, 5) is 0. The summed E-state index contributed by atoms with van der Waals surface area (Å²) in [6, 6.07) is 19.8. The summed E-state index contributed by atoms with van der Waals surface area (Å²) in [5.74, 6) is 0. The van der Waals surface area contributed by atoms with Crippen molar-refractivity contribution in [3.05, 3.63) is 84.5 Å². The van der Waals surface area contributed by atoms with E-state index in [9.17, 15) is 4.57 Å². The Morgan fingerprint density at radius 2 is 1.55 bits per heavy atom. The Morgan fingerprint density at radius 1 is 1.03 bits per heavy atom. The SMILES string of the molecule is C=C1CCC(O[Si](C)(C)C(C)(C)C)C/C1=C/CP(=O)(c1ccccc1)c1ccccc1. The first-order chi connectivity index (χ1) is 14.5. The highest BCUT2D eigenvalue weighted by Crippen LogP contribution is 2.45. The zero-order chi connectivity index (χ0) is 22.7. The van der Waals surface area contributed by atoms with Gasteiger partial charge in [0.25, 0.3) is 0 Å². The number of hydrogen-bond acceptors (Lipinski definition) is 2. The zero-order valence-corrected chi connectivity index (χ0v) is 21.6. The first-order valence-corrected chi connectivity index (χ1v) is 16.1. The molecule has 0 N–H and O–H groups in total. The number of benzene rings is 2. The molecule has 0 saturated heterocycles. The Kier molecular flexibility index (Phi) is 7.31. The van der Waals surface area contributed by atoms with Crippen LogP contribution in [0.4, 0.5) is 0 Å². The van der Waals surface area contributed by atoms with Crippen molar-refractivity contribution in [3.8, 4) is 0 Å². The molecular weight excluding hydrogens is 415 g/mol.